The van der Waals surface area contributed by atoms with Crippen molar-refractivity contribution in [1.29, 1.82) is 0 Å². The summed E-state index contributed by atoms with van der Waals surface area (Å²) in [5, 5.41) is 13.5. The van der Waals surface area contributed by atoms with Gasteiger partial charge in [0, 0.05) is 49.1 Å². The van der Waals surface area contributed by atoms with Crippen molar-refractivity contribution in [3.05, 3.63) is 52.3 Å². The van der Waals surface area contributed by atoms with Gasteiger partial charge in [-0.05, 0) is 29.3 Å². The quantitative estimate of drug-likeness (QED) is 0.857. The van der Waals surface area contributed by atoms with Gasteiger partial charge in [-0.1, -0.05) is 22.0 Å². The van der Waals surface area contributed by atoms with Gasteiger partial charge in [-0.25, -0.2) is 0 Å². The van der Waals surface area contributed by atoms with Gasteiger partial charge in [0.05, 0.1) is 7.11 Å². The summed E-state index contributed by atoms with van der Waals surface area (Å²) in [5.41, 5.74) is 2.24. The smallest absolute Gasteiger partial charge is 0.161 e. The molecule has 2 heterocycles. The van der Waals surface area contributed by atoms with Crippen LogP contribution in [-0.4, -0.2) is 41.7 Å². The van der Waals surface area contributed by atoms with Gasteiger partial charge in [0.2, 0.25) is 0 Å². The number of aromatic nitrogens is 1. The Kier molecular flexibility index (Phi) is 5.15. The van der Waals surface area contributed by atoms with Crippen LogP contribution in [0.2, 0.25) is 0 Å². The van der Waals surface area contributed by atoms with Crippen LogP contribution in [0.5, 0.6) is 11.5 Å². The fourth-order valence-corrected chi connectivity index (χ4v) is 3.38. The van der Waals surface area contributed by atoms with Crippen molar-refractivity contribution < 1.29 is 9.84 Å². The first-order valence-corrected chi connectivity index (χ1v) is 8.38. The number of pyridine rings is 1. The number of halogens is 1. The number of phenols is 1. The third-order valence-electron chi connectivity index (χ3n) is 4.14. The fraction of sp³-hybridized carbons (Fsp3) is 0.353. The molecule has 1 aromatic heterocycles. The normalized spacial score (nSPS) is 18.8. The van der Waals surface area contributed by atoms with Crippen molar-refractivity contribution >= 4 is 15.9 Å². The lowest BCUT2D eigenvalue weighted by Crippen LogP contribution is -2.45. The summed E-state index contributed by atoms with van der Waals surface area (Å²) >= 11 is 3.58. The van der Waals surface area contributed by atoms with Crippen LogP contribution in [0.25, 0.3) is 0 Å². The SMILES string of the molecule is COc1cc(Br)c(CN2CCNCC2c2cccnc2)cc1O. The van der Waals surface area contributed by atoms with E-state index < -0.39 is 0 Å². The molecule has 0 spiro atoms. The van der Waals surface area contributed by atoms with Crippen molar-refractivity contribution in [2.45, 2.75) is 12.6 Å². The number of rotatable bonds is 4. The molecule has 0 aliphatic carbocycles. The molecule has 23 heavy (non-hydrogen) atoms. The van der Waals surface area contributed by atoms with E-state index >= 15 is 0 Å². The molecule has 122 valence electrons. The van der Waals surface area contributed by atoms with Gasteiger partial charge in [0.1, 0.15) is 0 Å². The monoisotopic (exact) mass is 377 g/mol. The summed E-state index contributed by atoms with van der Waals surface area (Å²) in [6, 6.07) is 7.93. The van der Waals surface area contributed by atoms with Crippen LogP contribution < -0.4 is 10.1 Å². The Morgan fingerprint density at radius 3 is 3.09 bits per heavy atom. The largest absolute Gasteiger partial charge is 0.504 e. The maximum Gasteiger partial charge on any atom is 0.161 e. The van der Waals surface area contributed by atoms with E-state index in [0.29, 0.717) is 5.75 Å². The molecule has 0 amide bonds. The molecule has 1 aliphatic heterocycles. The number of hydrogen-bond acceptors (Lipinski definition) is 5. The van der Waals surface area contributed by atoms with Crippen LogP contribution in [0.15, 0.2) is 41.1 Å². The van der Waals surface area contributed by atoms with Crippen molar-refractivity contribution in [3.63, 3.8) is 0 Å². The highest BCUT2D eigenvalue weighted by Gasteiger charge is 2.24. The minimum absolute atomic E-state index is 0.166. The van der Waals surface area contributed by atoms with E-state index in [-0.39, 0.29) is 11.8 Å². The Balaban J connectivity index is 1.84. The molecule has 2 N–H and O–H groups in total. The van der Waals surface area contributed by atoms with Gasteiger partial charge in [-0.2, -0.15) is 0 Å². The Morgan fingerprint density at radius 2 is 2.35 bits per heavy atom. The highest BCUT2D eigenvalue weighted by molar-refractivity contribution is 9.10. The molecule has 5 nitrogen and oxygen atoms in total. The second-order valence-electron chi connectivity index (χ2n) is 5.59. The third kappa shape index (κ3) is 3.65. The first kappa shape index (κ1) is 16.2. The lowest BCUT2D eigenvalue weighted by molar-refractivity contribution is 0.153. The molecule has 1 fully saturated rings. The molecule has 6 heteroatoms. The van der Waals surface area contributed by atoms with Crippen molar-refractivity contribution in [2.75, 3.05) is 26.7 Å². The fourth-order valence-electron chi connectivity index (χ4n) is 2.93. The number of aromatic hydroxyl groups is 1. The average molecular weight is 378 g/mol. The maximum atomic E-state index is 10.0. The van der Waals surface area contributed by atoms with Crippen LogP contribution in [0.1, 0.15) is 17.2 Å². The topological polar surface area (TPSA) is 57.6 Å². The second-order valence-corrected chi connectivity index (χ2v) is 6.45. The molecule has 1 aromatic carbocycles. The number of phenolic OH excluding ortho intramolecular Hbond substituents is 1. The average Bonchev–Trinajstić information content (AvgIpc) is 2.59. The van der Waals surface area contributed by atoms with E-state index in [4.69, 9.17) is 4.74 Å². The number of ether oxygens (including phenoxy) is 1. The molecule has 1 aliphatic rings. The first-order chi connectivity index (χ1) is 11.2. The van der Waals surface area contributed by atoms with E-state index in [2.05, 4.69) is 37.2 Å². The standard InChI is InChI=1S/C17H20BrN3O2/c1-23-17-8-14(18)13(7-16(17)22)11-21-6-5-20-10-15(21)12-3-2-4-19-9-12/h2-4,7-9,15,20,22H,5-6,10-11H2,1H3. The molecular formula is C17H20BrN3O2. The summed E-state index contributed by atoms with van der Waals surface area (Å²) in [4.78, 5) is 6.64. The Morgan fingerprint density at radius 1 is 1.48 bits per heavy atom. The molecule has 0 bridgehead atoms. The van der Waals surface area contributed by atoms with E-state index in [0.717, 1.165) is 36.2 Å². The Hall–Kier alpha value is -1.63. The zero-order valence-corrected chi connectivity index (χ0v) is 14.6. The van der Waals surface area contributed by atoms with Crippen molar-refractivity contribution in [1.82, 2.24) is 15.2 Å². The molecule has 0 saturated carbocycles. The molecule has 3 rings (SSSR count). The number of hydrogen-bond donors (Lipinski definition) is 2. The zero-order valence-electron chi connectivity index (χ0n) is 13.0. The number of nitrogens with zero attached hydrogens (tertiary/aromatic N) is 2. The van der Waals surface area contributed by atoms with E-state index in [9.17, 15) is 5.11 Å². The summed E-state index contributed by atoms with van der Waals surface area (Å²) in [5.74, 6) is 0.642. The van der Waals surface area contributed by atoms with Crippen molar-refractivity contribution in [3.8, 4) is 11.5 Å². The summed E-state index contributed by atoms with van der Waals surface area (Å²) in [7, 11) is 1.55. The maximum absolute atomic E-state index is 10.0. The van der Waals surface area contributed by atoms with Gasteiger partial charge in [0.25, 0.3) is 0 Å². The predicted octanol–water partition coefficient (Wildman–Crippen LogP) is 2.70. The van der Waals surface area contributed by atoms with Gasteiger partial charge < -0.3 is 15.2 Å². The Labute approximate surface area is 144 Å². The molecular weight excluding hydrogens is 358 g/mol. The highest BCUT2D eigenvalue weighted by atomic mass is 79.9. The number of piperazine rings is 1. The second kappa shape index (κ2) is 7.29. The van der Waals surface area contributed by atoms with E-state index in [1.165, 1.54) is 5.56 Å². The van der Waals surface area contributed by atoms with Crippen LogP contribution in [0, 0.1) is 0 Å². The highest BCUT2D eigenvalue weighted by Crippen LogP contribution is 2.34. The number of methoxy groups -OCH3 is 1. The zero-order chi connectivity index (χ0) is 16.2. The summed E-state index contributed by atoms with van der Waals surface area (Å²) in [6.07, 6.45) is 3.72. The van der Waals surface area contributed by atoms with Gasteiger partial charge in [-0.15, -0.1) is 0 Å². The molecule has 1 saturated heterocycles. The van der Waals surface area contributed by atoms with Gasteiger partial charge >= 0.3 is 0 Å². The first-order valence-electron chi connectivity index (χ1n) is 7.59. The molecule has 0 radical (unpaired) electrons. The van der Waals surface area contributed by atoms with Crippen LogP contribution in [-0.2, 0) is 6.54 Å². The Bertz CT molecular complexity index is 666. The van der Waals surface area contributed by atoms with Crippen LogP contribution >= 0.6 is 15.9 Å². The van der Waals surface area contributed by atoms with Crippen LogP contribution in [0.4, 0.5) is 0 Å². The van der Waals surface area contributed by atoms with E-state index in [1.54, 1.807) is 19.4 Å². The van der Waals surface area contributed by atoms with Crippen molar-refractivity contribution in [2.24, 2.45) is 0 Å². The van der Waals surface area contributed by atoms with Crippen LogP contribution in [0.3, 0.4) is 0 Å². The lowest BCUT2D eigenvalue weighted by atomic mass is 10.0. The summed E-state index contributed by atoms with van der Waals surface area (Å²) < 4.78 is 6.09. The summed E-state index contributed by atoms with van der Waals surface area (Å²) in [6.45, 7) is 3.54. The molecule has 2 aromatic rings. The minimum atomic E-state index is 0.166. The van der Waals surface area contributed by atoms with E-state index in [1.807, 2.05) is 18.3 Å². The minimum Gasteiger partial charge on any atom is -0.504 e. The third-order valence-corrected chi connectivity index (χ3v) is 4.88. The number of benzene rings is 1. The molecule has 1 unspecified atom stereocenters. The van der Waals surface area contributed by atoms with Gasteiger partial charge in [-0.3, -0.25) is 9.88 Å². The molecule has 1 atom stereocenters. The van der Waals surface area contributed by atoms with Gasteiger partial charge in [0.15, 0.2) is 11.5 Å². The number of nitrogens with one attached hydrogen (secondary N) is 1. The lowest BCUT2D eigenvalue weighted by Gasteiger charge is -2.36. The predicted molar refractivity (Wildman–Crippen MR) is 92.6 cm³/mol.